The second kappa shape index (κ2) is 84.8. The third-order valence-corrected chi connectivity index (χ3v) is 21.0. The Kier molecular flexibility index (Phi) is 83.3. The van der Waals surface area contributed by atoms with Gasteiger partial charge in [0.15, 0.2) is 0 Å². The average molecular weight is 1340 g/mol. The zero-order valence-electron chi connectivity index (χ0n) is 64.9. The molecule has 0 aliphatic heterocycles. The Balaban J connectivity index is 3.33. The number of ether oxygens (including phenoxy) is 1. The molecule has 0 aliphatic carbocycles. The summed E-state index contributed by atoms with van der Waals surface area (Å²) in [6.45, 7) is 5.02. The van der Waals surface area contributed by atoms with E-state index in [1.54, 1.807) is 0 Å². The van der Waals surface area contributed by atoms with Crippen molar-refractivity contribution in [3.63, 3.8) is 0 Å². The third kappa shape index (κ3) is 81.2. The number of allylic oxidation sites excluding steroid dienone is 4. The fourth-order valence-corrected chi connectivity index (χ4v) is 14.3. The normalized spacial score (nSPS) is 12.5. The van der Waals surface area contributed by atoms with Gasteiger partial charge in [0.05, 0.1) is 25.4 Å². The van der Waals surface area contributed by atoms with E-state index in [-0.39, 0.29) is 18.5 Å². The summed E-state index contributed by atoms with van der Waals surface area (Å²) >= 11 is 0. The largest absolute Gasteiger partial charge is 0.466 e. The van der Waals surface area contributed by atoms with E-state index in [1.165, 1.54) is 430 Å². The second-order valence-corrected chi connectivity index (χ2v) is 30.6. The highest BCUT2D eigenvalue weighted by molar-refractivity contribution is 5.76. The lowest BCUT2D eigenvalue weighted by Gasteiger charge is -2.22. The van der Waals surface area contributed by atoms with Crippen molar-refractivity contribution >= 4 is 11.9 Å². The Morgan fingerprint density at radius 3 is 0.800 bits per heavy atom. The van der Waals surface area contributed by atoms with Crippen molar-refractivity contribution < 1.29 is 24.5 Å². The lowest BCUT2D eigenvalue weighted by atomic mass is 10.0. The minimum absolute atomic E-state index is 0.0263. The summed E-state index contributed by atoms with van der Waals surface area (Å²) in [4.78, 5) is 24.7. The van der Waals surface area contributed by atoms with Crippen molar-refractivity contribution in [2.45, 2.75) is 520 Å². The highest BCUT2D eigenvalue weighted by atomic mass is 16.5. The number of aliphatic hydroxyl groups is 2. The van der Waals surface area contributed by atoms with Crippen LogP contribution >= 0.6 is 0 Å². The smallest absolute Gasteiger partial charge is 0.305 e. The Labute approximate surface area is 596 Å². The van der Waals surface area contributed by atoms with Crippen LogP contribution in [0.2, 0.25) is 0 Å². The number of unbranched alkanes of at least 4 members (excludes halogenated alkanes) is 69. The average Bonchev–Trinajstić information content (AvgIpc) is 2.90. The quantitative estimate of drug-likeness (QED) is 0.0320. The summed E-state index contributed by atoms with van der Waals surface area (Å²) in [5.41, 5.74) is 0. The Hall–Kier alpha value is -1.66. The van der Waals surface area contributed by atoms with Crippen LogP contribution in [0.1, 0.15) is 508 Å². The molecule has 0 rings (SSSR count). The molecule has 0 bridgehead atoms. The molecule has 1 amide bonds. The Morgan fingerprint density at radius 1 is 0.295 bits per heavy atom. The molecule has 6 heteroatoms. The second-order valence-electron chi connectivity index (χ2n) is 30.6. The van der Waals surface area contributed by atoms with Crippen LogP contribution < -0.4 is 5.32 Å². The standard InChI is InChI=1S/C89H173NO5/c1-3-5-7-9-11-13-15-17-19-21-23-46-49-53-57-61-65-69-73-77-81-87(92)86(85-91)90-88(93)82-78-74-70-66-62-58-54-50-47-43-41-39-37-35-33-31-29-27-25-24-26-28-30-32-34-36-38-40-42-44-48-52-56-60-64-68-72-76-80-84-95-89(94)83-79-75-71-67-63-59-55-51-45-22-20-18-16-14-12-10-8-6-4-2/h24-25,28,30,86-87,91-92H,3-23,26-27,29,31-85H2,1-2H3,(H,90,93)/b25-24-,30-28-. The summed E-state index contributed by atoms with van der Waals surface area (Å²) < 4.78 is 5.53. The number of esters is 1. The molecule has 0 aromatic rings. The highest BCUT2D eigenvalue weighted by Gasteiger charge is 2.20. The van der Waals surface area contributed by atoms with Crippen LogP contribution in [0.3, 0.4) is 0 Å². The maximum absolute atomic E-state index is 12.6. The third-order valence-electron chi connectivity index (χ3n) is 21.0. The van der Waals surface area contributed by atoms with E-state index in [9.17, 15) is 19.8 Å². The molecule has 0 aromatic carbocycles. The number of hydrogen-bond acceptors (Lipinski definition) is 5. The van der Waals surface area contributed by atoms with Gasteiger partial charge in [0.25, 0.3) is 0 Å². The van der Waals surface area contributed by atoms with E-state index in [4.69, 9.17) is 4.74 Å². The predicted molar refractivity (Wildman–Crippen MR) is 421 cm³/mol. The number of carbonyl (C=O) groups is 2. The first-order chi connectivity index (χ1) is 47.0. The van der Waals surface area contributed by atoms with Gasteiger partial charge in [0.1, 0.15) is 0 Å². The topological polar surface area (TPSA) is 95.9 Å². The fraction of sp³-hybridized carbons (Fsp3) is 0.933. The monoisotopic (exact) mass is 1340 g/mol. The van der Waals surface area contributed by atoms with E-state index in [2.05, 4.69) is 43.5 Å². The van der Waals surface area contributed by atoms with Crippen molar-refractivity contribution in [3.05, 3.63) is 24.3 Å². The summed E-state index contributed by atoms with van der Waals surface area (Å²) in [5, 5.41) is 23.5. The molecule has 3 N–H and O–H groups in total. The molecule has 0 heterocycles. The van der Waals surface area contributed by atoms with Crippen LogP contribution in [-0.4, -0.2) is 47.4 Å². The van der Waals surface area contributed by atoms with E-state index in [0.29, 0.717) is 25.9 Å². The van der Waals surface area contributed by atoms with Gasteiger partial charge >= 0.3 is 5.97 Å². The summed E-state index contributed by atoms with van der Waals surface area (Å²) in [6, 6.07) is -0.540. The lowest BCUT2D eigenvalue weighted by Crippen LogP contribution is -2.45. The van der Waals surface area contributed by atoms with Gasteiger partial charge in [-0.05, 0) is 57.8 Å². The lowest BCUT2D eigenvalue weighted by molar-refractivity contribution is -0.143. The minimum Gasteiger partial charge on any atom is -0.466 e. The maximum atomic E-state index is 12.6. The molecule has 2 unspecified atom stereocenters. The summed E-state index contributed by atoms with van der Waals surface area (Å²) in [6.07, 6.45) is 110. The minimum atomic E-state index is -0.663. The van der Waals surface area contributed by atoms with E-state index in [1.807, 2.05) is 0 Å². The summed E-state index contributed by atoms with van der Waals surface area (Å²) in [7, 11) is 0. The molecule has 0 saturated carbocycles. The predicted octanol–water partition coefficient (Wildman–Crippen LogP) is 29.6. The highest BCUT2D eigenvalue weighted by Crippen LogP contribution is 2.21. The molecule has 0 aromatic heterocycles. The van der Waals surface area contributed by atoms with Gasteiger partial charge in [-0.15, -0.1) is 0 Å². The van der Waals surface area contributed by atoms with Gasteiger partial charge in [0.2, 0.25) is 5.91 Å². The maximum Gasteiger partial charge on any atom is 0.305 e. The van der Waals surface area contributed by atoms with Gasteiger partial charge in [-0.25, -0.2) is 0 Å². The van der Waals surface area contributed by atoms with Gasteiger partial charge in [0, 0.05) is 12.8 Å². The number of hydrogen-bond donors (Lipinski definition) is 3. The molecular formula is C89H173NO5. The molecule has 564 valence electrons. The Bertz CT molecular complexity index is 1500. The molecule has 2 atom stereocenters. The first-order valence-electron chi connectivity index (χ1n) is 44.1. The van der Waals surface area contributed by atoms with Gasteiger partial charge in [-0.2, -0.15) is 0 Å². The van der Waals surface area contributed by atoms with Crippen LogP contribution in [-0.2, 0) is 14.3 Å². The van der Waals surface area contributed by atoms with Crippen LogP contribution in [0.4, 0.5) is 0 Å². The van der Waals surface area contributed by atoms with Crippen molar-refractivity contribution in [1.29, 1.82) is 0 Å². The van der Waals surface area contributed by atoms with E-state index in [0.717, 1.165) is 44.9 Å². The van der Waals surface area contributed by atoms with Gasteiger partial charge in [-0.1, -0.05) is 462 Å². The molecule has 0 aliphatic rings. The summed E-state index contributed by atoms with van der Waals surface area (Å²) in [5.74, 6) is 0.0000956. The molecule has 0 spiro atoms. The van der Waals surface area contributed by atoms with Crippen molar-refractivity contribution in [2.75, 3.05) is 13.2 Å². The van der Waals surface area contributed by atoms with Crippen LogP contribution in [0.25, 0.3) is 0 Å². The molecular weight excluding hydrogens is 1160 g/mol. The molecule has 0 saturated heterocycles. The van der Waals surface area contributed by atoms with Gasteiger partial charge in [-0.3, -0.25) is 9.59 Å². The number of nitrogens with one attached hydrogen (secondary N) is 1. The number of carbonyl (C=O) groups excluding carboxylic acids is 2. The van der Waals surface area contributed by atoms with Crippen molar-refractivity contribution in [3.8, 4) is 0 Å². The Morgan fingerprint density at radius 2 is 0.526 bits per heavy atom. The number of amides is 1. The van der Waals surface area contributed by atoms with Crippen LogP contribution in [0.15, 0.2) is 24.3 Å². The van der Waals surface area contributed by atoms with Crippen LogP contribution in [0.5, 0.6) is 0 Å². The fourth-order valence-electron chi connectivity index (χ4n) is 14.3. The first kappa shape index (κ1) is 93.3. The number of rotatable bonds is 84. The van der Waals surface area contributed by atoms with E-state index >= 15 is 0 Å². The van der Waals surface area contributed by atoms with E-state index < -0.39 is 12.1 Å². The number of aliphatic hydroxyl groups excluding tert-OH is 2. The van der Waals surface area contributed by atoms with Gasteiger partial charge < -0.3 is 20.3 Å². The zero-order chi connectivity index (χ0) is 68.4. The first-order valence-corrected chi connectivity index (χ1v) is 44.1. The van der Waals surface area contributed by atoms with Crippen LogP contribution in [0, 0.1) is 0 Å². The molecule has 95 heavy (non-hydrogen) atoms. The SMILES string of the molecule is CCCCCCCCCCCCCCCCCCCCCCC(O)C(CO)NC(=O)CCCCCCCCCCCCCCCCCCC/C=C\C/C=C\CCCCCCCCCCCCCCCCCOC(=O)CCCCCCCCCCCCCCCCCCCCC. The molecule has 6 nitrogen and oxygen atoms in total. The molecule has 0 radical (unpaired) electrons. The zero-order valence-corrected chi connectivity index (χ0v) is 64.9. The van der Waals surface area contributed by atoms with Crippen molar-refractivity contribution in [1.82, 2.24) is 5.32 Å². The molecule has 0 fully saturated rings. The van der Waals surface area contributed by atoms with Crippen molar-refractivity contribution in [2.24, 2.45) is 0 Å².